The minimum absolute atomic E-state index is 0.0216. The van der Waals surface area contributed by atoms with E-state index in [4.69, 9.17) is 9.84 Å². The number of carboxylic acid groups (broad SMARTS) is 1. The van der Waals surface area contributed by atoms with Gasteiger partial charge in [0.05, 0.1) is 0 Å². The lowest BCUT2D eigenvalue weighted by Crippen LogP contribution is -1.98. The number of halogens is 2. The molecule has 3 nitrogen and oxygen atoms in total. The first-order chi connectivity index (χ1) is 10.5. The highest BCUT2D eigenvalue weighted by Gasteiger charge is 2.13. The smallest absolute Gasteiger partial charge is 0.331 e. The van der Waals surface area contributed by atoms with Crippen molar-refractivity contribution in [2.45, 2.75) is 13.6 Å². The first-order valence-corrected chi connectivity index (χ1v) is 6.54. The number of alkyl halides is 1. The van der Waals surface area contributed by atoms with Gasteiger partial charge in [-0.1, -0.05) is 18.2 Å². The van der Waals surface area contributed by atoms with E-state index in [1.54, 1.807) is 30.3 Å². The second-order valence-electron chi connectivity index (χ2n) is 4.67. The maximum Gasteiger partial charge on any atom is 0.331 e. The molecule has 2 aromatic rings. The topological polar surface area (TPSA) is 46.5 Å². The number of aliphatic carboxylic acids is 1. The second kappa shape index (κ2) is 6.85. The Bertz CT molecular complexity index is 709. The van der Waals surface area contributed by atoms with Crippen LogP contribution < -0.4 is 4.74 Å². The van der Waals surface area contributed by atoms with Crippen LogP contribution in [0, 0.1) is 5.82 Å². The molecule has 0 heterocycles. The van der Waals surface area contributed by atoms with Crippen molar-refractivity contribution in [2.24, 2.45) is 0 Å². The molecule has 0 spiro atoms. The predicted molar refractivity (Wildman–Crippen MR) is 79.0 cm³/mol. The monoisotopic (exact) mass is 304 g/mol. The fraction of sp³-hybridized carbons (Fsp3) is 0.118. The van der Waals surface area contributed by atoms with Gasteiger partial charge in [-0.2, -0.15) is 0 Å². The van der Waals surface area contributed by atoms with Crippen LogP contribution in [-0.4, -0.2) is 11.1 Å². The molecule has 22 heavy (non-hydrogen) atoms. The molecular weight excluding hydrogens is 290 g/mol. The molecule has 0 aliphatic rings. The van der Waals surface area contributed by atoms with Gasteiger partial charge in [0.25, 0.3) is 0 Å². The molecule has 0 radical (unpaired) electrons. The van der Waals surface area contributed by atoms with Crippen molar-refractivity contribution in [3.05, 3.63) is 65.0 Å². The lowest BCUT2D eigenvalue weighted by Gasteiger charge is -2.11. The highest BCUT2D eigenvalue weighted by molar-refractivity contribution is 5.91. The summed E-state index contributed by atoms with van der Waals surface area (Å²) in [5.41, 5.74) is 0.319. The third-order valence-corrected chi connectivity index (χ3v) is 2.97. The molecular formula is C17H14F2O3. The Morgan fingerprint density at radius 3 is 2.55 bits per heavy atom. The summed E-state index contributed by atoms with van der Waals surface area (Å²) in [4.78, 5) is 10.8. The molecule has 0 aliphatic carbocycles. The Balaban J connectivity index is 2.40. The summed E-state index contributed by atoms with van der Waals surface area (Å²) in [6.45, 7) is 0.455. The Morgan fingerprint density at radius 1 is 1.27 bits per heavy atom. The summed E-state index contributed by atoms with van der Waals surface area (Å²) in [5.74, 6) is -1.67. The Morgan fingerprint density at radius 2 is 1.95 bits per heavy atom. The van der Waals surface area contributed by atoms with Crippen LogP contribution in [0.4, 0.5) is 8.78 Å². The van der Waals surface area contributed by atoms with Crippen LogP contribution in [-0.2, 0) is 11.5 Å². The maximum absolute atomic E-state index is 14.2. The van der Waals surface area contributed by atoms with Gasteiger partial charge in [-0.05, 0) is 42.8 Å². The van der Waals surface area contributed by atoms with Crippen molar-refractivity contribution in [1.82, 2.24) is 0 Å². The summed E-state index contributed by atoms with van der Waals surface area (Å²) in [7, 11) is 0. The first-order valence-electron chi connectivity index (χ1n) is 6.54. The summed E-state index contributed by atoms with van der Waals surface area (Å²) in [6.07, 6.45) is 1.27. The van der Waals surface area contributed by atoms with Gasteiger partial charge in [-0.15, -0.1) is 0 Å². The van der Waals surface area contributed by atoms with Crippen LogP contribution >= 0.6 is 0 Å². The van der Waals surface area contributed by atoms with Gasteiger partial charge in [0, 0.05) is 11.1 Å². The zero-order valence-electron chi connectivity index (χ0n) is 11.8. The third-order valence-electron chi connectivity index (χ3n) is 2.97. The Hall–Kier alpha value is -2.69. The average molecular weight is 304 g/mol. The summed E-state index contributed by atoms with van der Waals surface area (Å²) in [5, 5.41) is 8.83. The van der Waals surface area contributed by atoms with E-state index in [0.717, 1.165) is 6.07 Å². The van der Waals surface area contributed by atoms with Crippen molar-refractivity contribution in [2.75, 3.05) is 0 Å². The number of hydrogen-bond acceptors (Lipinski definition) is 2. The molecule has 0 bridgehead atoms. The van der Waals surface area contributed by atoms with E-state index in [9.17, 15) is 13.6 Å². The van der Waals surface area contributed by atoms with E-state index in [-0.39, 0.29) is 22.4 Å². The number of hydrogen-bond donors (Lipinski definition) is 1. The van der Waals surface area contributed by atoms with Crippen molar-refractivity contribution in [1.29, 1.82) is 0 Å². The summed E-state index contributed by atoms with van der Waals surface area (Å²) >= 11 is 0. The molecule has 0 atom stereocenters. The van der Waals surface area contributed by atoms with Crippen molar-refractivity contribution in [3.8, 4) is 11.5 Å². The predicted octanol–water partition coefficient (Wildman–Crippen LogP) is 4.58. The van der Waals surface area contributed by atoms with Gasteiger partial charge in [0.2, 0.25) is 0 Å². The van der Waals surface area contributed by atoms with Crippen LogP contribution in [0.15, 0.2) is 48.0 Å². The van der Waals surface area contributed by atoms with Gasteiger partial charge in [-0.3, -0.25) is 0 Å². The molecule has 0 aromatic heterocycles. The quantitative estimate of drug-likeness (QED) is 0.823. The highest BCUT2D eigenvalue weighted by Crippen LogP contribution is 2.31. The van der Waals surface area contributed by atoms with Gasteiger partial charge < -0.3 is 9.84 Å². The van der Waals surface area contributed by atoms with Crippen LogP contribution in [0.5, 0.6) is 11.5 Å². The Labute approximate surface area is 126 Å². The Kier molecular flexibility index (Phi) is 4.88. The van der Waals surface area contributed by atoms with Crippen LogP contribution in [0.3, 0.4) is 0 Å². The van der Waals surface area contributed by atoms with Crippen molar-refractivity contribution >= 4 is 12.0 Å². The molecule has 114 valence electrons. The molecule has 5 heteroatoms. The van der Waals surface area contributed by atoms with Gasteiger partial charge >= 0.3 is 5.97 Å². The fourth-order valence-corrected chi connectivity index (χ4v) is 1.89. The minimum Gasteiger partial charge on any atom is -0.478 e. The molecule has 2 rings (SSSR count). The number of ether oxygens (including phenoxy) is 1. The minimum atomic E-state index is -1.12. The number of carboxylic acids is 1. The fourth-order valence-electron chi connectivity index (χ4n) is 1.89. The van der Waals surface area contributed by atoms with Gasteiger partial charge in [-0.25, -0.2) is 13.6 Å². The molecule has 0 amide bonds. The largest absolute Gasteiger partial charge is 0.478 e. The maximum atomic E-state index is 14.2. The molecule has 0 saturated carbocycles. The number of rotatable bonds is 5. The van der Waals surface area contributed by atoms with E-state index in [2.05, 4.69) is 0 Å². The second-order valence-corrected chi connectivity index (χ2v) is 4.67. The van der Waals surface area contributed by atoms with Crippen LogP contribution in [0.1, 0.15) is 18.1 Å². The van der Waals surface area contributed by atoms with Crippen molar-refractivity contribution < 1.29 is 23.4 Å². The van der Waals surface area contributed by atoms with Crippen LogP contribution in [0.2, 0.25) is 0 Å². The van der Waals surface area contributed by atoms with E-state index >= 15 is 0 Å². The molecule has 0 fully saturated rings. The van der Waals surface area contributed by atoms with E-state index in [1.807, 2.05) is 0 Å². The standard InChI is InChI=1S/C17H14F2O3/c1-11(17(20)21)7-12-8-13(10-18)16(15(19)9-12)22-14-5-3-2-4-6-14/h2-9H,10H2,1H3,(H,20,21)/b11-7+. The number of benzene rings is 2. The third kappa shape index (κ3) is 3.69. The molecule has 0 aliphatic heterocycles. The summed E-state index contributed by atoms with van der Waals surface area (Å²) in [6, 6.07) is 11.0. The molecule has 0 saturated heterocycles. The normalized spacial score (nSPS) is 11.3. The zero-order valence-corrected chi connectivity index (χ0v) is 11.8. The molecule has 1 N–H and O–H groups in total. The highest BCUT2D eigenvalue weighted by atomic mass is 19.1. The summed E-state index contributed by atoms with van der Waals surface area (Å²) < 4.78 is 32.7. The number of para-hydroxylation sites is 1. The molecule has 0 unspecified atom stereocenters. The zero-order chi connectivity index (χ0) is 16.1. The lowest BCUT2D eigenvalue weighted by atomic mass is 10.1. The van der Waals surface area contributed by atoms with Crippen molar-refractivity contribution in [3.63, 3.8) is 0 Å². The van der Waals surface area contributed by atoms with E-state index in [1.165, 1.54) is 19.1 Å². The van der Waals surface area contributed by atoms with E-state index in [0.29, 0.717) is 5.75 Å². The first kappa shape index (κ1) is 15.7. The van der Waals surface area contributed by atoms with E-state index < -0.39 is 18.5 Å². The van der Waals surface area contributed by atoms with Gasteiger partial charge in [0.15, 0.2) is 11.6 Å². The SMILES string of the molecule is C/C(=C\c1cc(F)c(Oc2ccccc2)c(CF)c1)C(=O)O. The molecule has 2 aromatic carbocycles. The average Bonchev–Trinajstić information content (AvgIpc) is 2.50. The lowest BCUT2D eigenvalue weighted by molar-refractivity contribution is -0.132. The van der Waals surface area contributed by atoms with Gasteiger partial charge in [0.1, 0.15) is 12.4 Å². The number of carbonyl (C=O) groups is 1. The van der Waals surface area contributed by atoms with Crippen LogP contribution in [0.25, 0.3) is 6.08 Å².